The van der Waals surface area contributed by atoms with Crippen LogP contribution in [0.25, 0.3) is 11.1 Å². The van der Waals surface area contributed by atoms with E-state index in [0.717, 1.165) is 69.8 Å². The molecule has 0 aromatic heterocycles. The van der Waals surface area contributed by atoms with Crippen molar-refractivity contribution >= 4 is 11.4 Å². The summed E-state index contributed by atoms with van der Waals surface area (Å²) in [4.78, 5) is 3.64. The second-order valence-electron chi connectivity index (χ2n) is 20.9. The molecule has 0 unspecified atom stereocenters. The van der Waals surface area contributed by atoms with Gasteiger partial charge >= 0.3 is 22.4 Å². The van der Waals surface area contributed by atoms with Gasteiger partial charge in [-0.3, -0.25) is 0 Å². The van der Waals surface area contributed by atoms with Gasteiger partial charge < -0.3 is 19.4 Å². The van der Waals surface area contributed by atoms with Gasteiger partial charge in [-0.1, -0.05) is 235 Å². The maximum absolute atomic E-state index is 10.1. The largest absolute Gasteiger partial charge is 2.00 e. The van der Waals surface area contributed by atoms with Gasteiger partial charge in [0.05, 0.1) is 5.57 Å². The van der Waals surface area contributed by atoms with Crippen molar-refractivity contribution in [1.82, 2.24) is 0 Å². The fourth-order valence-corrected chi connectivity index (χ4v) is 9.91. The number of nitrogens with zero attached hydrogens (tertiary/aromatic N) is 2. The number of aryl methyl sites for hydroxylation is 4. The molecule has 3 heteroatoms. The zero-order valence-corrected chi connectivity index (χ0v) is 50.2. The molecule has 71 heavy (non-hydrogen) atoms. The predicted octanol–water partition coefficient (Wildman–Crippen LogP) is 22.7. The minimum Gasteiger partial charge on any atom is -0.348 e. The van der Waals surface area contributed by atoms with Crippen LogP contribution in [0.5, 0.6) is 0 Å². The smallest absolute Gasteiger partial charge is 0.348 e. The Morgan fingerprint density at radius 3 is 1.01 bits per heavy atom. The van der Waals surface area contributed by atoms with Gasteiger partial charge in [0.2, 0.25) is 0 Å². The minimum absolute atomic E-state index is 0. The number of benzene rings is 2. The van der Waals surface area contributed by atoms with Gasteiger partial charge in [0.15, 0.2) is 0 Å². The maximum Gasteiger partial charge on any atom is 2.00 e. The van der Waals surface area contributed by atoms with E-state index in [-0.39, 0.29) is 16.5 Å². The van der Waals surface area contributed by atoms with Gasteiger partial charge in [0, 0.05) is 0 Å². The van der Waals surface area contributed by atoms with Gasteiger partial charge in [-0.15, -0.1) is 4.79 Å². The molecule has 0 bridgehead atoms. The Morgan fingerprint density at radius 2 is 0.676 bits per heavy atom. The molecular weight excluding hydrogens is 903 g/mol. The molecular formula is C68H118N2Ni. The molecule has 0 saturated heterocycles. The van der Waals surface area contributed by atoms with Crippen molar-refractivity contribution in [3.8, 4) is 0 Å². The van der Waals surface area contributed by atoms with Crippen LogP contribution in [0.3, 0.4) is 0 Å². The molecule has 0 amide bonds. The van der Waals surface area contributed by atoms with Crippen LogP contribution in [0.1, 0.15) is 332 Å². The van der Waals surface area contributed by atoms with Gasteiger partial charge in [-0.2, -0.15) is 12.8 Å². The van der Waals surface area contributed by atoms with Gasteiger partial charge in [0.25, 0.3) is 0 Å². The van der Waals surface area contributed by atoms with E-state index in [0.29, 0.717) is 0 Å². The van der Waals surface area contributed by atoms with Crippen LogP contribution in [0.15, 0.2) is 35.4 Å². The quantitative estimate of drug-likeness (QED) is 0.0121. The summed E-state index contributed by atoms with van der Waals surface area (Å²) in [5.74, 6) is 3.20. The molecule has 0 aliphatic carbocycles. The molecule has 0 heterocycles. The first-order valence-corrected chi connectivity index (χ1v) is 30.9. The fourth-order valence-electron chi connectivity index (χ4n) is 9.91. The molecule has 0 N–H and O–H groups in total. The molecule has 0 atom stereocenters. The molecule has 0 aliphatic rings. The van der Waals surface area contributed by atoms with Crippen molar-refractivity contribution in [2.75, 3.05) is 0 Å². The van der Waals surface area contributed by atoms with Crippen molar-refractivity contribution in [3.05, 3.63) is 99.3 Å². The van der Waals surface area contributed by atoms with Gasteiger partial charge in [0.1, 0.15) is 0 Å². The molecule has 2 rings (SSSR count). The maximum atomic E-state index is 10.1. The summed E-state index contributed by atoms with van der Waals surface area (Å²) in [6.07, 6.45) is 49.3. The normalized spacial score (nSPS) is 11.2. The first-order valence-electron chi connectivity index (χ1n) is 30.9. The second kappa shape index (κ2) is 51.3. The summed E-state index contributed by atoms with van der Waals surface area (Å²) in [7, 11) is 0. The first-order chi connectivity index (χ1) is 34.3. The monoisotopic (exact) mass is 1020 g/mol. The molecule has 410 valence electrons. The Bertz CT molecular complexity index is 1570. The average molecular weight is 1020 g/mol. The van der Waals surface area contributed by atoms with E-state index in [1.165, 1.54) is 215 Å². The van der Waals surface area contributed by atoms with Gasteiger partial charge in [-0.25, -0.2) is 0 Å². The van der Waals surface area contributed by atoms with Crippen molar-refractivity contribution in [2.24, 2.45) is 0 Å². The summed E-state index contributed by atoms with van der Waals surface area (Å²) in [6, 6.07) is 10.6. The summed E-state index contributed by atoms with van der Waals surface area (Å²) in [5, 5.41) is 0. The SMILES string of the molecule is CCCCCCc1cc(C(=C(CCCC)C(=C=[N+]=[N-])CCCC)c2cc(CCCC)c(CCCC)c(CCCC)c2)cc(CCCCCC)c1CCCCCC.[CH2-]CCCCCC.[CH2-]CCCCCC.[Ni+2]. The summed E-state index contributed by atoms with van der Waals surface area (Å²) >= 11 is 0. The van der Waals surface area contributed by atoms with Crippen LogP contribution < -0.4 is 0 Å². The van der Waals surface area contributed by atoms with E-state index in [1.807, 2.05) is 0 Å². The van der Waals surface area contributed by atoms with E-state index in [2.05, 4.69) is 118 Å². The molecule has 0 fully saturated rings. The number of hydrogen-bond donors (Lipinski definition) is 0. The van der Waals surface area contributed by atoms with Crippen molar-refractivity contribution in [2.45, 2.75) is 326 Å². The average Bonchev–Trinajstić information content (AvgIpc) is 3.37. The van der Waals surface area contributed by atoms with Crippen LogP contribution in [0.2, 0.25) is 0 Å². The van der Waals surface area contributed by atoms with Crippen LogP contribution in [-0.2, 0) is 55.0 Å². The number of unbranched alkanes of at least 4 members (excludes halogenated alkanes) is 22. The third kappa shape index (κ3) is 32.7. The van der Waals surface area contributed by atoms with Crippen LogP contribution in [0, 0.1) is 13.8 Å². The zero-order chi connectivity index (χ0) is 51.9. The Balaban J connectivity index is 0. The molecule has 0 spiro atoms. The Kier molecular flexibility index (Phi) is 51.3. The molecule has 2 nitrogen and oxygen atoms in total. The first kappa shape index (κ1) is 70.9. The topological polar surface area (TPSA) is 36.4 Å². The number of rotatable bonds is 41. The molecule has 2 aromatic rings. The zero-order valence-electron chi connectivity index (χ0n) is 49.2. The van der Waals surface area contributed by atoms with Gasteiger partial charge in [-0.05, 0) is 158 Å². The summed E-state index contributed by atoms with van der Waals surface area (Å²) < 4.78 is 0. The minimum atomic E-state index is 0. The van der Waals surface area contributed by atoms with Crippen LogP contribution in [-0.4, -0.2) is 10.7 Å². The number of allylic oxidation sites excluding steroid dienone is 2. The van der Waals surface area contributed by atoms with Crippen molar-refractivity contribution < 1.29 is 21.3 Å². The third-order valence-corrected chi connectivity index (χ3v) is 14.3. The molecule has 0 aliphatic heterocycles. The summed E-state index contributed by atoms with van der Waals surface area (Å²) in [5.41, 5.74) is 26.5. The third-order valence-electron chi connectivity index (χ3n) is 14.3. The molecule has 2 aromatic carbocycles. The Morgan fingerprint density at radius 1 is 0.380 bits per heavy atom. The Labute approximate surface area is 455 Å². The van der Waals surface area contributed by atoms with E-state index in [9.17, 15) is 5.53 Å². The Hall–Kier alpha value is -2.17. The summed E-state index contributed by atoms with van der Waals surface area (Å²) in [6.45, 7) is 30.6. The van der Waals surface area contributed by atoms with Crippen molar-refractivity contribution in [3.63, 3.8) is 0 Å². The van der Waals surface area contributed by atoms with Crippen LogP contribution >= 0.6 is 0 Å². The van der Waals surface area contributed by atoms with Crippen LogP contribution in [0.4, 0.5) is 0 Å². The van der Waals surface area contributed by atoms with E-state index >= 15 is 0 Å². The van der Waals surface area contributed by atoms with E-state index in [4.69, 9.17) is 0 Å². The van der Waals surface area contributed by atoms with E-state index in [1.54, 1.807) is 33.4 Å². The second-order valence-corrected chi connectivity index (χ2v) is 20.9. The molecule has 0 saturated carbocycles. The molecule has 0 radical (unpaired) electrons. The van der Waals surface area contributed by atoms with E-state index < -0.39 is 0 Å². The fraction of sp³-hybridized carbons (Fsp3) is 0.735. The predicted molar refractivity (Wildman–Crippen MR) is 318 cm³/mol. The standard InChI is InChI=1S/C54H88N2.2C7H15.Ni/c1-9-17-25-28-34-46-41-50(42-47(35-29-26-18-10-2)52(46)38-30-27-19-11-3)54(53(37-24-16-8)48(43-56-55)33-22-14-6)49-39-44(31-20-12-4)51(36-23-15-7)45(40-49)32-21-13-5;2*1-3-5-7-6-4-2;/h39-42H,9-38H2,1-8H3;2*1,3-7H2,2H3;/q;2*-1;+2. The van der Waals surface area contributed by atoms with Crippen molar-refractivity contribution in [1.29, 1.82) is 0 Å². The number of hydrogen-bond acceptors (Lipinski definition) is 0.